The van der Waals surface area contributed by atoms with E-state index < -0.39 is 24.4 Å². The van der Waals surface area contributed by atoms with Crippen molar-refractivity contribution in [2.75, 3.05) is 6.61 Å². The van der Waals surface area contributed by atoms with E-state index in [1.54, 1.807) is 36.4 Å². The topological polar surface area (TPSA) is 72.5 Å². The average Bonchev–Trinajstić information content (AvgIpc) is 2.59. The average molecular weight is 418 g/mol. The number of carbonyl (C=O) groups excluding carboxylic acids is 3. The van der Waals surface area contributed by atoms with Gasteiger partial charge in [0.15, 0.2) is 6.61 Å². The van der Waals surface area contributed by atoms with Crippen LogP contribution in [0.3, 0.4) is 0 Å². The first-order valence-electron chi connectivity index (χ1n) is 8.05. The third-order valence-electron chi connectivity index (χ3n) is 3.69. The summed E-state index contributed by atoms with van der Waals surface area (Å²) in [5.41, 5.74) is 1.74. The molecule has 1 N–H and O–H groups in total. The van der Waals surface area contributed by atoms with Crippen LogP contribution in [0.2, 0.25) is 0 Å². The van der Waals surface area contributed by atoms with E-state index in [1.165, 1.54) is 0 Å². The summed E-state index contributed by atoms with van der Waals surface area (Å²) in [6.45, 7) is 5.69. The Kier molecular flexibility index (Phi) is 6.32. The van der Waals surface area contributed by atoms with Gasteiger partial charge in [0.25, 0.3) is 11.8 Å². The van der Waals surface area contributed by atoms with Crippen LogP contribution in [0.15, 0.2) is 53.0 Å². The number of carbonyl (C=O) groups is 3. The van der Waals surface area contributed by atoms with Gasteiger partial charge >= 0.3 is 5.97 Å². The number of hydrogen-bond acceptors (Lipinski definition) is 4. The van der Waals surface area contributed by atoms with Crippen molar-refractivity contribution in [2.45, 2.75) is 26.2 Å². The highest BCUT2D eigenvalue weighted by molar-refractivity contribution is 9.10. The Morgan fingerprint density at radius 1 is 1.00 bits per heavy atom. The zero-order valence-electron chi connectivity index (χ0n) is 14.8. The maximum absolute atomic E-state index is 12.1. The molecule has 136 valence electrons. The summed E-state index contributed by atoms with van der Waals surface area (Å²) in [4.78, 5) is 35.9. The highest BCUT2D eigenvalue weighted by Gasteiger charge is 2.17. The monoisotopic (exact) mass is 417 g/mol. The van der Waals surface area contributed by atoms with Crippen molar-refractivity contribution >= 4 is 33.7 Å². The minimum atomic E-state index is -0.685. The second-order valence-corrected chi connectivity index (χ2v) is 7.61. The Morgan fingerprint density at radius 2 is 1.62 bits per heavy atom. The van der Waals surface area contributed by atoms with Crippen LogP contribution in [-0.4, -0.2) is 24.4 Å². The minimum Gasteiger partial charge on any atom is -0.452 e. The lowest BCUT2D eigenvalue weighted by Gasteiger charge is -2.19. The van der Waals surface area contributed by atoms with Crippen molar-refractivity contribution in [3.05, 3.63) is 69.7 Å². The van der Waals surface area contributed by atoms with Gasteiger partial charge in [0, 0.05) is 10.0 Å². The third kappa shape index (κ3) is 5.26. The number of halogens is 1. The summed E-state index contributed by atoms with van der Waals surface area (Å²) in [6, 6.07) is 13.8. The third-order valence-corrected chi connectivity index (χ3v) is 4.39. The normalized spacial score (nSPS) is 10.9. The van der Waals surface area contributed by atoms with E-state index in [1.807, 2.05) is 12.1 Å². The van der Waals surface area contributed by atoms with Crippen LogP contribution >= 0.6 is 15.9 Å². The summed E-state index contributed by atoms with van der Waals surface area (Å²) < 4.78 is 5.51. The molecule has 5 nitrogen and oxygen atoms in total. The summed E-state index contributed by atoms with van der Waals surface area (Å²) in [5, 5.41) is 2.21. The molecule has 2 aromatic rings. The molecule has 0 aromatic heterocycles. The molecule has 0 aliphatic carbocycles. The fraction of sp³-hybridized carbons (Fsp3) is 0.250. The van der Waals surface area contributed by atoms with Crippen LogP contribution in [0.4, 0.5) is 0 Å². The number of ether oxygens (including phenoxy) is 1. The molecule has 0 radical (unpaired) electrons. The molecular weight excluding hydrogens is 398 g/mol. The largest absolute Gasteiger partial charge is 0.452 e. The van der Waals surface area contributed by atoms with Crippen LogP contribution in [0, 0.1) is 0 Å². The van der Waals surface area contributed by atoms with Gasteiger partial charge in [-0.15, -0.1) is 0 Å². The SMILES string of the molecule is CC(C)(C)c1ccc(C(=O)NC(=O)COC(=O)c2ccccc2Br)cc1. The molecule has 0 heterocycles. The van der Waals surface area contributed by atoms with E-state index >= 15 is 0 Å². The molecule has 2 amide bonds. The molecule has 0 atom stereocenters. The zero-order chi connectivity index (χ0) is 19.3. The lowest BCUT2D eigenvalue weighted by molar-refractivity contribution is -0.123. The molecular formula is C20H20BrNO4. The van der Waals surface area contributed by atoms with E-state index in [0.29, 0.717) is 15.6 Å². The van der Waals surface area contributed by atoms with Gasteiger partial charge in [-0.1, -0.05) is 45.0 Å². The molecule has 0 aliphatic heterocycles. The van der Waals surface area contributed by atoms with Crippen LogP contribution in [0.1, 0.15) is 47.1 Å². The minimum absolute atomic E-state index is 0.0231. The highest BCUT2D eigenvalue weighted by atomic mass is 79.9. The number of imide groups is 1. The van der Waals surface area contributed by atoms with E-state index in [9.17, 15) is 14.4 Å². The van der Waals surface area contributed by atoms with E-state index in [4.69, 9.17) is 4.74 Å². The summed E-state index contributed by atoms with van der Waals surface area (Å²) in [7, 11) is 0. The number of benzene rings is 2. The second-order valence-electron chi connectivity index (χ2n) is 6.76. The number of nitrogens with one attached hydrogen (secondary N) is 1. The summed E-state index contributed by atoms with van der Waals surface area (Å²) in [5.74, 6) is -1.86. The molecule has 0 aliphatic rings. The van der Waals surface area contributed by atoms with Crippen LogP contribution in [-0.2, 0) is 14.9 Å². The molecule has 0 fully saturated rings. The van der Waals surface area contributed by atoms with Crippen molar-refractivity contribution in [2.24, 2.45) is 0 Å². The van der Waals surface area contributed by atoms with Crippen molar-refractivity contribution in [3.63, 3.8) is 0 Å². The Labute approximate surface area is 160 Å². The Morgan fingerprint density at radius 3 is 2.19 bits per heavy atom. The predicted octanol–water partition coefficient (Wildman–Crippen LogP) is 3.86. The Balaban J connectivity index is 1.90. The number of esters is 1. The standard InChI is InChI=1S/C20H20BrNO4/c1-20(2,3)14-10-8-13(9-11-14)18(24)22-17(23)12-26-19(25)15-6-4-5-7-16(15)21/h4-11H,12H2,1-3H3,(H,22,23,24). The van der Waals surface area contributed by atoms with Crippen molar-refractivity contribution in [3.8, 4) is 0 Å². The lowest BCUT2D eigenvalue weighted by atomic mass is 9.87. The quantitative estimate of drug-likeness (QED) is 0.766. The number of amides is 2. The van der Waals surface area contributed by atoms with Crippen LogP contribution < -0.4 is 5.32 Å². The molecule has 2 aromatic carbocycles. The maximum atomic E-state index is 12.1. The molecule has 0 bridgehead atoms. The van der Waals surface area contributed by atoms with Gasteiger partial charge in [0.2, 0.25) is 0 Å². The fourth-order valence-electron chi connectivity index (χ4n) is 2.19. The first kappa shape index (κ1) is 19.8. The van der Waals surface area contributed by atoms with Crippen LogP contribution in [0.5, 0.6) is 0 Å². The van der Waals surface area contributed by atoms with Crippen molar-refractivity contribution in [1.82, 2.24) is 5.32 Å². The molecule has 0 saturated carbocycles. The Bertz CT molecular complexity index is 822. The van der Waals surface area contributed by atoms with E-state index in [-0.39, 0.29) is 5.41 Å². The molecule has 6 heteroatoms. The van der Waals surface area contributed by atoms with Crippen molar-refractivity contribution < 1.29 is 19.1 Å². The molecule has 2 rings (SSSR count). The first-order chi connectivity index (χ1) is 12.2. The highest BCUT2D eigenvalue weighted by Crippen LogP contribution is 2.22. The second kappa shape index (κ2) is 8.27. The van der Waals surface area contributed by atoms with Gasteiger partial charge in [-0.25, -0.2) is 4.79 Å². The lowest BCUT2D eigenvalue weighted by Crippen LogP contribution is -2.34. The summed E-state index contributed by atoms with van der Waals surface area (Å²) in [6.07, 6.45) is 0. The summed E-state index contributed by atoms with van der Waals surface area (Å²) >= 11 is 3.24. The molecule has 26 heavy (non-hydrogen) atoms. The first-order valence-corrected chi connectivity index (χ1v) is 8.84. The van der Waals surface area contributed by atoms with Crippen LogP contribution in [0.25, 0.3) is 0 Å². The fourth-order valence-corrected chi connectivity index (χ4v) is 2.64. The molecule has 0 spiro atoms. The van der Waals surface area contributed by atoms with E-state index in [2.05, 4.69) is 42.0 Å². The zero-order valence-corrected chi connectivity index (χ0v) is 16.4. The van der Waals surface area contributed by atoms with Gasteiger partial charge in [-0.2, -0.15) is 0 Å². The van der Waals surface area contributed by atoms with Gasteiger partial charge in [0.1, 0.15) is 0 Å². The van der Waals surface area contributed by atoms with Gasteiger partial charge in [-0.3, -0.25) is 14.9 Å². The van der Waals surface area contributed by atoms with Gasteiger partial charge in [0.05, 0.1) is 5.56 Å². The Hall–Kier alpha value is -2.47. The number of hydrogen-bond donors (Lipinski definition) is 1. The maximum Gasteiger partial charge on any atom is 0.339 e. The molecule has 0 unspecified atom stereocenters. The predicted molar refractivity (Wildman–Crippen MR) is 102 cm³/mol. The van der Waals surface area contributed by atoms with Gasteiger partial charge < -0.3 is 4.74 Å². The van der Waals surface area contributed by atoms with Crippen molar-refractivity contribution in [1.29, 1.82) is 0 Å². The number of rotatable bonds is 4. The smallest absolute Gasteiger partial charge is 0.339 e. The molecule has 0 saturated heterocycles. The van der Waals surface area contributed by atoms with Gasteiger partial charge in [-0.05, 0) is 51.2 Å². The van der Waals surface area contributed by atoms with E-state index in [0.717, 1.165) is 5.56 Å².